The predicted octanol–water partition coefficient (Wildman–Crippen LogP) is 5.05. The van der Waals surface area contributed by atoms with Gasteiger partial charge in [-0.15, -0.1) is 0 Å². The van der Waals surface area contributed by atoms with E-state index in [2.05, 4.69) is 10.3 Å². The lowest BCUT2D eigenvalue weighted by Gasteiger charge is -2.26. The minimum absolute atomic E-state index is 0.0793. The summed E-state index contributed by atoms with van der Waals surface area (Å²) in [5.74, 6) is 0.434. The summed E-state index contributed by atoms with van der Waals surface area (Å²) in [4.78, 5) is 30.3. The van der Waals surface area contributed by atoms with Crippen molar-refractivity contribution in [2.24, 2.45) is 0 Å². The number of carbonyl (C=O) groups is 2. The molecule has 0 bridgehead atoms. The van der Waals surface area contributed by atoms with Gasteiger partial charge < -0.3 is 24.8 Å². The number of carboxylic acid groups (broad SMARTS) is 1. The number of hydrogen-bond donors (Lipinski definition) is 2. The van der Waals surface area contributed by atoms with Gasteiger partial charge in [0, 0.05) is 20.0 Å². The molecule has 0 unspecified atom stereocenters. The summed E-state index contributed by atoms with van der Waals surface area (Å²) in [6, 6.07) is 14.4. The molecule has 0 aliphatic heterocycles. The maximum Gasteiger partial charge on any atom is 0.326 e. The average Bonchev–Trinajstić information content (AvgIpc) is 2.87. The molecule has 1 heterocycles. The van der Waals surface area contributed by atoms with Crippen LogP contribution in [0.15, 0.2) is 60.8 Å². The fraction of sp³-hybridized carbons (Fsp3) is 0.269. The average molecular weight is 532 g/mol. The van der Waals surface area contributed by atoms with Crippen LogP contribution in [0, 0.1) is 0 Å². The summed E-state index contributed by atoms with van der Waals surface area (Å²) in [7, 11) is 3.02. The third-order valence-electron chi connectivity index (χ3n) is 5.47. The number of hydrogen-bond acceptors (Lipinski definition) is 6. The third-order valence-corrected chi connectivity index (χ3v) is 6.10. The van der Waals surface area contributed by atoms with Gasteiger partial charge in [0.2, 0.25) is 0 Å². The lowest BCUT2D eigenvalue weighted by atomic mass is 10.0. The molecule has 3 rings (SSSR count). The Bertz CT molecular complexity index is 1150. The van der Waals surface area contributed by atoms with Gasteiger partial charge in [0.15, 0.2) is 0 Å². The quantitative estimate of drug-likeness (QED) is 0.315. The number of halogens is 2. The van der Waals surface area contributed by atoms with Crippen LogP contribution in [0.25, 0.3) is 0 Å². The molecule has 0 spiro atoms. The molecule has 36 heavy (non-hydrogen) atoms. The highest BCUT2D eigenvalue weighted by Crippen LogP contribution is 2.26. The highest BCUT2D eigenvalue weighted by Gasteiger charge is 2.29. The van der Waals surface area contributed by atoms with Gasteiger partial charge in [-0.2, -0.15) is 0 Å². The summed E-state index contributed by atoms with van der Waals surface area (Å²) in [5, 5.41) is 13.3. The molecule has 1 aromatic heterocycles. The van der Waals surface area contributed by atoms with E-state index in [1.54, 1.807) is 43.6 Å². The number of nitrogens with zero attached hydrogens (tertiary/aromatic N) is 2. The Balaban J connectivity index is 1.51. The van der Waals surface area contributed by atoms with E-state index in [4.69, 9.17) is 32.7 Å². The number of carbonyl (C=O) groups excluding carboxylic acids is 1. The molecule has 0 saturated carbocycles. The lowest BCUT2D eigenvalue weighted by molar-refractivity contribution is -0.141. The monoisotopic (exact) mass is 531 g/mol. The number of rotatable bonds is 12. The number of pyridine rings is 1. The molecular formula is C26H27Cl2N3O5. The van der Waals surface area contributed by atoms with Crippen LogP contribution in [0.1, 0.15) is 22.3 Å². The molecule has 0 fully saturated rings. The fourth-order valence-electron chi connectivity index (χ4n) is 3.44. The number of aliphatic carboxylic acids is 1. The summed E-state index contributed by atoms with van der Waals surface area (Å²) < 4.78 is 10.9. The second-order valence-corrected chi connectivity index (χ2v) is 8.74. The van der Waals surface area contributed by atoms with E-state index in [1.165, 1.54) is 19.2 Å². The van der Waals surface area contributed by atoms with E-state index < -0.39 is 17.9 Å². The Kier molecular flexibility index (Phi) is 9.78. The number of ether oxygens (including phenoxy) is 2. The summed E-state index contributed by atoms with van der Waals surface area (Å²) >= 11 is 12.3. The Morgan fingerprint density at radius 2 is 1.72 bits per heavy atom. The van der Waals surface area contributed by atoms with Crippen molar-refractivity contribution >= 4 is 40.9 Å². The highest BCUT2D eigenvalue weighted by atomic mass is 35.5. The van der Waals surface area contributed by atoms with Crippen LogP contribution in [0.2, 0.25) is 10.0 Å². The van der Waals surface area contributed by atoms with Gasteiger partial charge in [-0.05, 0) is 48.4 Å². The van der Waals surface area contributed by atoms with Crippen LogP contribution in [-0.2, 0) is 11.2 Å². The first kappa shape index (κ1) is 27.1. The van der Waals surface area contributed by atoms with Crippen molar-refractivity contribution in [3.05, 3.63) is 82.0 Å². The largest absolute Gasteiger partial charge is 0.495 e. The maximum atomic E-state index is 12.9. The number of benzene rings is 2. The van der Waals surface area contributed by atoms with E-state index in [9.17, 15) is 14.7 Å². The van der Waals surface area contributed by atoms with Crippen LogP contribution in [0.5, 0.6) is 11.5 Å². The smallest absolute Gasteiger partial charge is 0.326 e. The molecule has 1 atom stereocenters. The van der Waals surface area contributed by atoms with Gasteiger partial charge in [0.05, 0.1) is 35.5 Å². The zero-order chi connectivity index (χ0) is 26.1. The summed E-state index contributed by atoms with van der Waals surface area (Å²) in [6.07, 6.45) is 2.52. The molecule has 10 heteroatoms. The van der Waals surface area contributed by atoms with Crippen LogP contribution in [0.4, 0.5) is 5.82 Å². The summed E-state index contributed by atoms with van der Waals surface area (Å²) in [6.45, 7) is 1.18. The first-order chi connectivity index (χ1) is 17.3. The van der Waals surface area contributed by atoms with Gasteiger partial charge >= 0.3 is 5.97 Å². The van der Waals surface area contributed by atoms with Crippen molar-refractivity contribution in [1.29, 1.82) is 0 Å². The minimum Gasteiger partial charge on any atom is -0.495 e. The van der Waals surface area contributed by atoms with Gasteiger partial charge in [-0.3, -0.25) is 4.79 Å². The van der Waals surface area contributed by atoms with Crippen molar-refractivity contribution < 1.29 is 24.2 Å². The van der Waals surface area contributed by atoms with E-state index in [-0.39, 0.29) is 22.0 Å². The SMILES string of the molecule is COc1ccc(NCCCOc2ccc(C[C@@H](C(=O)O)N(C)C(=O)c3c(Cl)cccc3Cl)cc2)nc1. The van der Waals surface area contributed by atoms with Crippen molar-refractivity contribution in [2.75, 3.05) is 32.6 Å². The van der Waals surface area contributed by atoms with Crippen LogP contribution in [-0.4, -0.2) is 60.2 Å². The fourth-order valence-corrected chi connectivity index (χ4v) is 4.00. The minimum atomic E-state index is -1.13. The number of methoxy groups -OCH3 is 1. The molecule has 190 valence electrons. The van der Waals surface area contributed by atoms with Crippen molar-refractivity contribution in [3.63, 3.8) is 0 Å². The first-order valence-electron chi connectivity index (χ1n) is 11.2. The standard InChI is InChI=1S/C26H27Cl2N3O5/c1-31(25(32)24-20(27)5-3-6-21(24)28)22(26(33)34)15-17-7-9-18(10-8-17)36-14-4-13-29-23-12-11-19(35-2)16-30-23/h3,5-12,16,22H,4,13-15H2,1-2H3,(H,29,30)(H,33,34)/t22-/m0/s1. The molecule has 2 aromatic carbocycles. The topological polar surface area (TPSA) is 101 Å². The normalized spacial score (nSPS) is 11.4. The number of aromatic nitrogens is 1. The van der Waals surface area contributed by atoms with Crippen LogP contribution in [0.3, 0.4) is 0 Å². The molecule has 8 nitrogen and oxygen atoms in total. The number of carboxylic acids is 1. The van der Waals surface area contributed by atoms with E-state index in [1.807, 2.05) is 12.1 Å². The number of nitrogens with one attached hydrogen (secondary N) is 1. The highest BCUT2D eigenvalue weighted by molar-refractivity contribution is 6.39. The van der Waals surface area contributed by atoms with Crippen molar-refractivity contribution in [2.45, 2.75) is 18.9 Å². The van der Waals surface area contributed by atoms with Crippen molar-refractivity contribution in [1.82, 2.24) is 9.88 Å². The van der Waals surface area contributed by atoms with E-state index in [0.717, 1.165) is 22.7 Å². The predicted molar refractivity (Wildman–Crippen MR) is 140 cm³/mol. The third kappa shape index (κ3) is 7.26. The van der Waals surface area contributed by atoms with Crippen molar-refractivity contribution in [3.8, 4) is 11.5 Å². The Morgan fingerprint density at radius 1 is 1.06 bits per heavy atom. The Hall–Kier alpha value is -3.49. The molecule has 3 aromatic rings. The molecule has 1 amide bonds. The molecule has 0 saturated heterocycles. The lowest BCUT2D eigenvalue weighted by Crippen LogP contribution is -2.44. The Morgan fingerprint density at radius 3 is 2.31 bits per heavy atom. The van der Waals surface area contributed by atoms with E-state index >= 15 is 0 Å². The van der Waals surface area contributed by atoms with Crippen LogP contribution >= 0.6 is 23.2 Å². The summed E-state index contributed by atoms with van der Waals surface area (Å²) in [5.41, 5.74) is 0.822. The molecule has 0 radical (unpaired) electrons. The molecule has 0 aliphatic carbocycles. The van der Waals surface area contributed by atoms with Gasteiger partial charge in [0.25, 0.3) is 5.91 Å². The van der Waals surface area contributed by atoms with Gasteiger partial charge in [-0.1, -0.05) is 41.4 Å². The zero-order valence-electron chi connectivity index (χ0n) is 19.9. The molecule has 0 aliphatic rings. The second-order valence-electron chi connectivity index (χ2n) is 7.93. The molecular weight excluding hydrogens is 505 g/mol. The number of amides is 1. The number of anilines is 1. The Labute approximate surface area is 219 Å². The number of likely N-dealkylation sites (N-methyl/N-ethyl adjacent to an activating group) is 1. The second kappa shape index (κ2) is 13.0. The van der Waals surface area contributed by atoms with Gasteiger partial charge in [0.1, 0.15) is 23.4 Å². The first-order valence-corrected chi connectivity index (χ1v) is 12.0. The maximum absolute atomic E-state index is 12.9. The van der Waals surface area contributed by atoms with E-state index in [0.29, 0.717) is 24.7 Å². The van der Waals surface area contributed by atoms with Gasteiger partial charge in [-0.25, -0.2) is 9.78 Å². The zero-order valence-corrected chi connectivity index (χ0v) is 21.4. The molecule has 2 N–H and O–H groups in total. The van der Waals surface area contributed by atoms with Crippen LogP contribution < -0.4 is 14.8 Å².